The first kappa shape index (κ1) is 11.6. The van der Waals surface area contributed by atoms with Crippen LogP contribution in [0.2, 0.25) is 5.02 Å². The lowest BCUT2D eigenvalue weighted by atomic mass is 10.1. The molecule has 2 N–H and O–H groups in total. The quantitative estimate of drug-likeness (QED) is 0.775. The van der Waals surface area contributed by atoms with E-state index in [0.717, 1.165) is 11.6 Å². The van der Waals surface area contributed by atoms with Crippen molar-refractivity contribution in [3.8, 4) is 0 Å². The van der Waals surface area contributed by atoms with Gasteiger partial charge in [-0.1, -0.05) is 29.8 Å². The van der Waals surface area contributed by atoms with E-state index < -0.39 is 5.97 Å². The molecule has 1 aromatic rings. The van der Waals surface area contributed by atoms with E-state index >= 15 is 0 Å². The van der Waals surface area contributed by atoms with Crippen LogP contribution < -0.4 is 5.32 Å². The average Bonchev–Trinajstić information content (AvgIpc) is 2.17. The van der Waals surface area contributed by atoms with Crippen molar-refractivity contribution in [2.24, 2.45) is 0 Å². The molecular weight excluding hydrogens is 214 g/mol. The summed E-state index contributed by atoms with van der Waals surface area (Å²) >= 11 is 5.98. The lowest BCUT2D eigenvalue weighted by Gasteiger charge is -2.13. The number of halogens is 1. The van der Waals surface area contributed by atoms with Crippen LogP contribution in [0, 0.1) is 0 Å². The summed E-state index contributed by atoms with van der Waals surface area (Å²) in [6.45, 7) is 1.91. The molecule has 0 aliphatic rings. The van der Waals surface area contributed by atoms with Crippen molar-refractivity contribution in [3.63, 3.8) is 0 Å². The summed E-state index contributed by atoms with van der Waals surface area (Å²) in [7, 11) is 0. The summed E-state index contributed by atoms with van der Waals surface area (Å²) in [5, 5.41) is 12.0. The highest BCUT2D eigenvalue weighted by Crippen LogP contribution is 2.21. The monoisotopic (exact) mass is 225 g/mol. The van der Waals surface area contributed by atoms with Gasteiger partial charge in [0.25, 0.3) is 0 Å². The highest BCUT2D eigenvalue weighted by atomic mass is 35.5. The van der Waals surface area contributed by atoms with Gasteiger partial charge in [-0.05, 0) is 18.6 Å². The lowest BCUT2D eigenvalue weighted by Crippen LogP contribution is -2.12. The van der Waals surface area contributed by atoms with Gasteiger partial charge in [0, 0.05) is 23.3 Å². The Morgan fingerprint density at radius 3 is 2.80 bits per heavy atom. The fraction of sp³-hybridized carbons (Fsp3) is 0.182. The molecule has 0 spiro atoms. The molecule has 15 heavy (non-hydrogen) atoms. The van der Waals surface area contributed by atoms with Gasteiger partial charge < -0.3 is 10.4 Å². The van der Waals surface area contributed by atoms with Crippen molar-refractivity contribution in [1.82, 2.24) is 5.32 Å². The summed E-state index contributed by atoms with van der Waals surface area (Å²) in [6, 6.07) is 7.42. The first-order valence-corrected chi connectivity index (χ1v) is 4.89. The Hall–Kier alpha value is -1.48. The number of carbonyl (C=O) groups is 1. The van der Waals surface area contributed by atoms with Crippen LogP contribution >= 0.6 is 11.6 Å². The van der Waals surface area contributed by atoms with Crippen molar-refractivity contribution in [2.45, 2.75) is 13.0 Å². The Bertz CT molecular complexity index is 377. The van der Waals surface area contributed by atoms with Crippen molar-refractivity contribution in [1.29, 1.82) is 0 Å². The Morgan fingerprint density at radius 2 is 2.20 bits per heavy atom. The Balaban J connectivity index is 2.65. The predicted octanol–water partition coefficient (Wildman–Crippen LogP) is 2.59. The van der Waals surface area contributed by atoms with E-state index in [1.807, 2.05) is 25.1 Å². The van der Waals surface area contributed by atoms with Gasteiger partial charge in [0.15, 0.2) is 0 Å². The molecule has 80 valence electrons. The number of nitrogens with one attached hydrogen (secondary N) is 1. The number of carboxylic acids is 1. The molecular formula is C11H12ClNO2. The number of hydrogen-bond acceptors (Lipinski definition) is 2. The summed E-state index contributed by atoms with van der Waals surface area (Å²) in [5.74, 6) is -0.978. The zero-order valence-electron chi connectivity index (χ0n) is 8.27. The Labute approximate surface area is 93.4 Å². The third kappa shape index (κ3) is 3.64. The maximum absolute atomic E-state index is 10.2. The molecule has 4 heteroatoms. The van der Waals surface area contributed by atoms with E-state index in [4.69, 9.17) is 16.7 Å². The zero-order valence-corrected chi connectivity index (χ0v) is 9.03. The second-order valence-corrected chi connectivity index (χ2v) is 3.49. The SMILES string of the molecule is C[C@H](N/C=C/C(=O)O)c1ccccc1Cl. The van der Waals surface area contributed by atoms with Gasteiger partial charge in [-0.2, -0.15) is 0 Å². The van der Waals surface area contributed by atoms with E-state index in [9.17, 15) is 4.79 Å². The molecule has 0 unspecified atom stereocenters. The molecule has 1 atom stereocenters. The minimum Gasteiger partial charge on any atom is -0.478 e. The first-order valence-electron chi connectivity index (χ1n) is 4.51. The number of rotatable bonds is 4. The number of hydrogen-bond donors (Lipinski definition) is 2. The van der Waals surface area contributed by atoms with Crippen molar-refractivity contribution in [3.05, 3.63) is 47.1 Å². The smallest absolute Gasteiger partial charge is 0.329 e. The van der Waals surface area contributed by atoms with Gasteiger partial charge in [0.2, 0.25) is 0 Å². The van der Waals surface area contributed by atoms with Crippen molar-refractivity contribution >= 4 is 17.6 Å². The molecule has 3 nitrogen and oxygen atoms in total. The zero-order chi connectivity index (χ0) is 11.3. The third-order valence-corrected chi connectivity index (χ3v) is 2.29. The summed E-state index contributed by atoms with van der Waals surface area (Å²) < 4.78 is 0. The van der Waals surface area contributed by atoms with Crippen molar-refractivity contribution < 1.29 is 9.90 Å². The standard InChI is InChI=1S/C11H12ClNO2/c1-8(13-7-6-11(14)15)9-4-2-3-5-10(9)12/h2-8,13H,1H3,(H,14,15)/b7-6+/t8-/m0/s1. The fourth-order valence-corrected chi connectivity index (χ4v) is 1.48. The molecule has 1 rings (SSSR count). The maximum atomic E-state index is 10.2. The normalized spacial score (nSPS) is 12.7. The van der Waals surface area contributed by atoms with Crippen LogP contribution in [-0.2, 0) is 4.79 Å². The van der Waals surface area contributed by atoms with Crippen LogP contribution in [0.25, 0.3) is 0 Å². The number of aliphatic carboxylic acids is 1. The van der Waals surface area contributed by atoms with Crippen LogP contribution in [0.5, 0.6) is 0 Å². The average molecular weight is 226 g/mol. The molecule has 0 heterocycles. The second-order valence-electron chi connectivity index (χ2n) is 3.08. The summed E-state index contributed by atoms with van der Waals surface area (Å²) in [4.78, 5) is 10.2. The van der Waals surface area contributed by atoms with E-state index in [-0.39, 0.29) is 6.04 Å². The molecule has 0 saturated carbocycles. The van der Waals surface area contributed by atoms with Gasteiger partial charge in [0.1, 0.15) is 0 Å². The van der Waals surface area contributed by atoms with Crippen LogP contribution in [0.4, 0.5) is 0 Å². The predicted molar refractivity (Wildman–Crippen MR) is 59.8 cm³/mol. The number of carboxylic acid groups (broad SMARTS) is 1. The molecule has 0 bridgehead atoms. The topological polar surface area (TPSA) is 49.3 Å². The van der Waals surface area contributed by atoms with E-state index in [1.54, 1.807) is 6.07 Å². The highest BCUT2D eigenvalue weighted by molar-refractivity contribution is 6.31. The van der Waals surface area contributed by atoms with Crippen molar-refractivity contribution in [2.75, 3.05) is 0 Å². The van der Waals surface area contributed by atoms with Gasteiger partial charge in [-0.3, -0.25) is 0 Å². The summed E-state index contributed by atoms with van der Waals surface area (Å²) in [5.41, 5.74) is 0.939. The molecule has 0 saturated heterocycles. The van der Waals surface area contributed by atoms with Crippen LogP contribution in [-0.4, -0.2) is 11.1 Å². The minimum atomic E-state index is -0.978. The summed E-state index contributed by atoms with van der Waals surface area (Å²) in [6.07, 6.45) is 2.45. The van der Waals surface area contributed by atoms with Crippen LogP contribution in [0.1, 0.15) is 18.5 Å². The molecule has 0 aromatic heterocycles. The Kier molecular flexibility index (Phi) is 4.18. The highest BCUT2D eigenvalue weighted by Gasteiger charge is 2.06. The van der Waals surface area contributed by atoms with Crippen LogP contribution in [0.15, 0.2) is 36.5 Å². The van der Waals surface area contributed by atoms with Gasteiger partial charge in [-0.25, -0.2) is 4.79 Å². The van der Waals surface area contributed by atoms with E-state index in [2.05, 4.69) is 5.32 Å². The molecule has 0 fully saturated rings. The van der Waals surface area contributed by atoms with Gasteiger partial charge >= 0.3 is 5.97 Å². The van der Waals surface area contributed by atoms with E-state index in [0.29, 0.717) is 5.02 Å². The first-order chi connectivity index (χ1) is 7.11. The maximum Gasteiger partial charge on any atom is 0.329 e. The lowest BCUT2D eigenvalue weighted by molar-refractivity contribution is -0.131. The van der Waals surface area contributed by atoms with Gasteiger partial charge in [0.05, 0.1) is 0 Å². The largest absolute Gasteiger partial charge is 0.478 e. The van der Waals surface area contributed by atoms with Gasteiger partial charge in [-0.15, -0.1) is 0 Å². The Morgan fingerprint density at radius 1 is 1.53 bits per heavy atom. The second kappa shape index (κ2) is 5.41. The molecule has 0 radical (unpaired) electrons. The molecule has 1 aromatic carbocycles. The minimum absolute atomic E-state index is 0.0192. The van der Waals surface area contributed by atoms with E-state index in [1.165, 1.54) is 6.20 Å². The molecule has 0 aliphatic carbocycles. The number of benzene rings is 1. The molecule has 0 amide bonds. The third-order valence-electron chi connectivity index (χ3n) is 1.94. The van der Waals surface area contributed by atoms with Crippen LogP contribution in [0.3, 0.4) is 0 Å². The fourth-order valence-electron chi connectivity index (χ4n) is 1.18. The molecule has 0 aliphatic heterocycles.